The van der Waals surface area contributed by atoms with Gasteiger partial charge in [-0.2, -0.15) is 0 Å². The van der Waals surface area contributed by atoms with E-state index in [-0.39, 0.29) is 5.56 Å². The number of nitrogens with zero attached hydrogens (tertiary/aromatic N) is 1. The first-order valence-corrected chi connectivity index (χ1v) is 9.14. The van der Waals surface area contributed by atoms with Gasteiger partial charge in [0.25, 0.3) is 0 Å². The SMILES string of the molecule is CCOc1cc(Cl)ccc1-c1ccc(C(=O)O)c(Cc2ccc(Cl)cc2)n1. The molecular formula is C21H17Cl2NO3. The summed E-state index contributed by atoms with van der Waals surface area (Å²) in [4.78, 5) is 16.2. The zero-order chi connectivity index (χ0) is 19.4. The number of hydrogen-bond donors (Lipinski definition) is 1. The lowest BCUT2D eigenvalue weighted by atomic mass is 10.0. The van der Waals surface area contributed by atoms with E-state index < -0.39 is 5.97 Å². The molecule has 138 valence electrons. The molecule has 2 aromatic carbocycles. The van der Waals surface area contributed by atoms with Crippen molar-refractivity contribution < 1.29 is 14.6 Å². The minimum Gasteiger partial charge on any atom is -0.493 e. The van der Waals surface area contributed by atoms with E-state index in [1.165, 1.54) is 0 Å². The lowest BCUT2D eigenvalue weighted by molar-refractivity contribution is 0.0695. The fourth-order valence-corrected chi connectivity index (χ4v) is 3.05. The second-order valence-corrected chi connectivity index (χ2v) is 6.75. The third-order valence-electron chi connectivity index (χ3n) is 4.01. The van der Waals surface area contributed by atoms with Crippen LogP contribution in [0.4, 0.5) is 0 Å². The van der Waals surface area contributed by atoms with Gasteiger partial charge in [0.05, 0.1) is 23.6 Å². The summed E-state index contributed by atoms with van der Waals surface area (Å²) in [5, 5.41) is 10.7. The van der Waals surface area contributed by atoms with Crippen molar-refractivity contribution in [3.8, 4) is 17.0 Å². The van der Waals surface area contributed by atoms with Gasteiger partial charge in [0.2, 0.25) is 0 Å². The van der Waals surface area contributed by atoms with Crippen molar-refractivity contribution in [3.63, 3.8) is 0 Å². The molecule has 0 amide bonds. The van der Waals surface area contributed by atoms with Crippen molar-refractivity contribution >= 4 is 29.2 Å². The van der Waals surface area contributed by atoms with Gasteiger partial charge in [-0.05, 0) is 55.0 Å². The predicted molar refractivity (Wildman–Crippen MR) is 107 cm³/mol. The summed E-state index contributed by atoms with van der Waals surface area (Å²) >= 11 is 12.0. The minimum atomic E-state index is -1.01. The average molecular weight is 402 g/mol. The van der Waals surface area contributed by atoms with Crippen molar-refractivity contribution in [2.45, 2.75) is 13.3 Å². The first-order valence-electron chi connectivity index (χ1n) is 8.38. The molecule has 0 spiro atoms. The minimum absolute atomic E-state index is 0.167. The number of rotatable bonds is 6. The van der Waals surface area contributed by atoms with Crippen molar-refractivity contribution in [2.75, 3.05) is 6.61 Å². The molecule has 1 N–H and O–H groups in total. The van der Waals surface area contributed by atoms with Crippen LogP contribution in [0.3, 0.4) is 0 Å². The highest BCUT2D eigenvalue weighted by Crippen LogP contribution is 2.32. The summed E-state index contributed by atoms with van der Waals surface area (Å²) in [5.41, 5.74) is 2.95. The Balaban J connectivity index is 2.06. The maximum atomic E-state index is 11.6. The third-order valence-corrected chi connectivity index (χ3v) is 4.50. The van der Waals surface area contributed by atoms with Crippen LogP contribution in [0, 0.1) is 0 Å². The van der Waals surface area contributed by atoms with Crippen LogP contribution in [0.2, 0.25) is 10.0 Å². The highest BCUT2D eigenvalue weighted by atomic mass is 35.5. The quantitative estimate of drug-likeness (QED) is 0.571. The number of halogens is 2. The van der Waals surface area contributed by atoms with Gasteiger partial charge in [0.1, 0.15) is 5.75 Å². The Kier molecular flexibility index (Phi) is 5.99. The zero-order valence-corrected chi connectivity index (χ0v) is 16.1. The Bertz CT molecular complexity index is 972. The molecule has 6 heteroatoms. The van der Waals surface area contributed by atoms with E-state index in [0.29, 0.717) is 40.2 Å². The topological polar surface area (TPSA) is 59.4 Å². The molecule has 0 unspecified atom stereocenters. The Morgan fingerprint density at radius 2 is 1.74 bits per heavy atom. The van der Waals surface area contributed by atoms with E-state index in [1.54, 1.807) is 36.4 Å². The highest BCUT2D eigenvalue weighted by Gasteiger charge is 2.16. The van der Waals surface area contributed by atoms with E-state index in [0.717, 1.165) is 11.1 Å². The Morgan fingerprint density at radius 3 is 2.41 bits per heavy atom. The van der Waals surface area contributed by atoms with Crippen LogP contribution in [-0.4, -0.2) is 22.7 Å². The third kappa shape index (κ3) is 4.59. The molecule has 0 aliphatic rings. The molecule has 0 aliphatic heterocycles. The van der Waals surface area contributed by atoms with Gasteiger partial charge in [0, 0.05) is 22.0 Å². The van der Waals surface area contributed by atoms with Crippen LogP contribution >= 0.6 is 23.2 Å². The molecule has 4 nitrogen and oxygen atoms in total. The van der Waals surface area contributed by atoms with Crippen LogP contribution in [0.1, 0.15) is 28.5 Å². The number of carbonyl (C=O) groups is 1. The molecule has 0 aliphatic carbocycles. The van der Waals surface area contributed by atoms with E-state index in [9.17, 15) is 9.90 Å². The number of aromatic carboxylic acids is 1. The maximum absolute atomic E-state index is 11.6. The van der Waals surface area contributed by atoms with Crippen LogP contribution in [0.15, 0.2) is 54.6 Å². The van der Waals surface area contributed by atoms with Gasteiger partial charge in [-0.15, -0.1) is 0 Å². The van der Waals surface area contributed by atoms with Gasteiger partial charge in [0.15, 0.2) is 0 Å². The molecule has 3 aromatic rings. The average Bonchev–Trinajstić information content (AvgIpc) is 2.64. The summed E-state index contributed by atoms with van der Waals surface area (Å²) < 4.78 is 5.67. The smallest absolute Gasteiger partial charge is 0.337 e. The lowest BCUT2D eigenvalue weighted by Gasteiger charge is -2.13. The molecule has 3 rings (SSSR count). The predicted octanol–water partition coefficient (Wildman–Crippen LogP) is 5.74. The van der Waals surface area contributed by atoms with Gasteiger partial charge in [-0.3, -0.25) is 4.98 Å². The Morgan fingerprint density at radius 1 is 1.04 bits per heavy atom. The number of aromatic nitrogens is 1. The van der Waals surface area contributed by atoms with Crippen LogP contribution in [0.25, 0.3) is 11.3 Å². The largest absolute Gasteiger partial charge is 0.493 e. The number of hydrogen-bond acceptors (Lipinski definition) is 3. The molecule has 0 atom stereocenters. The number of carboxylic acids is 1. The van der Waals surface area contributed by atoms with Crippen molar-refractivity contribution in [3.05, 3.63) is 81.5 Å². The van der Waals surface area contributed by atoms with Gasteiger partial charge in [-0.1, -0.05) is 35.3 Å². The summed E-state index contributed by atoms with van der Waals surface area (Å²) in [6.07, 6.45) is 0.379. The summed E-state index contributed by atoms with van der Waals surface area (Å²) in [5.74, 6) is -0.405. The summed E-state index contributed by atoms with van der Waals surface area (Å²) in [7, 11) is 0. The molecule has 0 radical (unpaired) electrons. The number of pyridine rings is 1. The zero-order valence-electron chi connectivity index (χ0n) is 14.6. The fourth-order valence-electron chi connectivity index (χ4n) is 2.76. The standard InChI is InChI=1S/C21H17Cl2NO3/c1-2-27-20-12-15(23)7-8-16(20)18-10-9-17(21(25)26)19(24-18)11-13-3-5-14(22)6-4-13/h3-10,12H,2,11H2,1H3,(H,25,26). The fraction of sp³-hybridized carbons (Fsp3) is 0.143. The second-order valence-electron chi connectivity index (χ2n) is 5.87. The van der Waals surface area contributed by atoms with E-state index in [4.69, 9.17) is 27.9 Å². The first kappa shape index (κ1) is 19.2. The van der Waals surface area contributed by atoms with Gasteiger partial charge >= 0.3 is 5.97 Å². The van der Waals surface area contributed by atoms with Crippen molar-refractivity contribution in [1.82, 2.24) is 4.98 Å². The Hall–Kier alpha value is -2.56. The monoisotopic (exact) mass is 401 g/mol. The van der Waals surface area contributed by atoms with Crippen LogP contribution in [-0.2, 0) is 6.42 Å². The molecule has 1 heterocycles. The summed E-state index contributed by atoms with van der Waals surface area (Å²) in [6, 6.07) is 15.8. The molecule has 0 saturated carbocycles. The van der Waals surface area contributed by atoms with Crippen LogP contribution < -0.4 is 4.74 Å². The van der Waals surface area contributed by atoms with Crippen molar-refractivity contribution in [2.24, 2.45) is 0 Å². The maximum Gasteiger partial charge on any atom is 0.337 e. The number of ether oxygens (including phenoxy) is 1. The van der Waals surface area contributed by atoms with E-state index >= 15 is 0 Å². The van der Waals surface area contributed by atoms with E-state index in [2.05, 4.69) is 4.98 Å². The molecule has 0 saturated heterocycles. The molecule has 0 fully saturated rings. The van der Waals surface area contributed by atoms with Crippen LogP contribution in [0.5, 0.6) is 5.75 Å². The first-order chi connectivity index (χ1) is 13.0. The Labute approximate surface area is 167 Å². The van der Waals surface area contributed by atoms with Gasteiger partial charge < -0.3 is 9.84 Å². The molecule has 0 bridgehead atoms. The second kappa shape index (κ2) is 8.42. The normalized spacial score (nSPS) is 10.6. The molecule has 1 aromatic heterocycles. The van der Waals surface area contributed by atoms with Crippen molar-refractivity contribution in [1.29, 1.82) is 0 Å². The highest BCUT2D eigenvalue weighted by molar-refractivity contribution is 6.31. The molecular weight excluding hydrogens is 385 g/mol. The number of carboxylic acid groups (broad SMARTS) is 1. The summed E-state index contributed by atoms with van der Waals surface area (Å²) in [6.45, 7) is 2.37. The molecule has 27 heavy (non-hydrogen) atoms. The lowest BCUT2D eigenvalue weighted by Crippen LogP contribution is -2.07. The van der Waals surface area contributed by atoms with E-state index in [1.807, 2.05) is 25.1 Å². The van der Waals surface area contributed by atoms with Gasteiger partial charge in [-0.25, -0.2) is 4.79 Å². The number of benzene rings is 2.